The van der Waals surface area contributed by atoms with E-state index in [1.165, 1.54) is 109 Å². The standard InChI is InChI=1S/C40H76NO10P/c1-3-5-7-9-11-13-15-17-18-20-22-24-26-28-30-32-39(43)51-36(34-49-52(46,47)50-35-37(41)40(44)45)33-48-38(42)31-29-27-25-23-21-19-16-14-12-10-8-6-4-2/h19,21,36-37H,3-18,20,22-35,41H2,1-2H3,(H,44,45)(H,46,47)/b21-19+/t36-,37+/m1/s1. The molecule has 3 atom stereocenters. The highest BCUT2D eigenvalue weighted by molar-refractivity contribution is 7.47. The monoisotopic (exact) mass is 762 g/mol. The van der Waals surface area contributed by atoms with Gasteiger partial charge in [0.05, 0.1) is 13.2 Å². The lowest BCUT2D eigenvalue weighted by molar-refractivity contribution is -0.161. The topological polar surface area (TPSA) is 172 Å². The fourth-order valence-corrected chi connectivity index (χ4v) is 6.48. The number of aliphatic carboxylic acids is 1. The number of phosphoric ester groups is 1. The third-order valence-corrected chi connectivity index (χ3v) is 9.96. The highest BCUT2D eigenvalue weighted by Gasteiger charge is 2.28. The molecule has 0 aliphatic heterocycles. The molecule has 11 nitrogen and oxygen atoms in total. The Balaban J connectivity index is 4.39. The van der Waals surface area contributed by atoms with Crippen molar-refractivity contribution in [2.75, 3.05) is 19.8 Å². The predicted octanol–water partition coefficient (Wildman–Crippen LogP) is 10.5. The van der Waals surface area contributed by atoms with Crippen LogP contribution in [0.2, 0.25) is 0 Å². The summed E-state index contributed by atoms with van der Waals surface area (Å²) in [4.78, 5) is 45.8. The Kier molecular flexibility index (Phi) is 35.0. The molecule has 0 aromatic rings. The molecule has 0 heterocycles. The molecule has 0 aromatic carbocycles. The van der Waals surface area contributed by atoms with Crippen LogP contribution in [0.25, 0.3) is 0 Å². The minimum atomic E-state index is -4.71. The van der Waals surface area contributed by atoms with Crippen LogP contribution in [0, 0.1) is 0 Å². The van der Waals surface area contributed by atoms with E-state index in [0.717, 1.165) is 44.9 Å². The van der Waals surface area contributed by atoms with Gasteiger partial charge >= 0.3 is 25.7 Å². The van der Waals surface area contributed by atoms with Crippen LogP contribution in [-0.4, -0.2) is 59.9 Å². The number of ether oxygens (including phenoxy) is 2. The molecule has 12 heteroatoms. The Morgan fingerprint density at radius 1 is 0.577 bits per heavy atom. The Labute approximate surface area is 316 Å². The molecule has 0 spiro atoms. The summed E-state index contributed by atoms with van der Waals surface area (Å²) in [6, 6.07) is -1.52. The van der Waals surface area contributed by atoms with Crippen LogP contribution in [-0.2, 0) is 37.5 Å². The summed E-state index contributed by atoms with van der Waals surface area (Å²) in [7, 11) is -4.71. The van der Waals surface area contributed by atoms with Gasteiger partial charge in [0.1, 0.15) is 12.6 Å². The largest absolute Gasteiger partial charge is 0.480 e. The number of rotatable bonds is 39. The van der Waals surface area contributed by atoms with E-state index in [2.05, 4.69) is 30.5 Å². The average Bonchev–Trinajstić information content (AvgIpc) is 3.12. The number of esters is 2. The van der Waals surface area contributed by atoms with Gasteiger partial charge in [-0.3, -0.25) is 23.4 Å². The summed E-state index contributed by atoms with van der Waals surface area (Å²) in [5, 5.41) is 8.87. The zero-order valence-corrected chi connectivity index (χ0v) is 33.8. The van der Waals surface area contributed by atoms with Crippen LogP contribution < -0.4 is 5.73 Å². The van der Waals surface area contributed by atoms with E-state index in [1.807, 2.05) is 0 Å². The van der Waals surface area contributed by atoms with Gasteiger partial charge in [0.25, 0.3) is 0 Å². The van der Waals surface area contributed by atoms with Crippen molar-refractivity contribution in [3.8, 4) is 0 Å². The average molecular weight is 762 g/mol. The van der Waals surface area contributed by atoms with E-state index in [4.69, 9.17) is 24.8 Å². The fraction of sp³-hybridized carbons (Fsp3) is 0.875. The molecule has 4 N–H and O–H groups in total. The number of hydrogen-bond donors (Lipinski definition) is 3. The van der Waals surface area contributed by atoms with Gasteiger partial charge < -0.3 is 25.2 Å². The van der Waals surface area contributed by atoms with E-state index in [1.54, 1.807) is 0 Å². The van der Waals surface area contributed by atoms with Crippen molar-refractivity contribution in [3.05, 3.63) is 12.2 Å². The number of carbonyl (C=O) groups excluding carboxylic acids is 2. The van der Waals surface area contributed by atoms with E-state index >= 15 is 0 Å². The van der Waals surface area contributed by atoms with Gasteiger partial charge in [0.2, 0.25) is 0 Å². The van der Waals surface area contributed by atoms with Crippen LogP contribution in [0.15, 0.2) is 12.2 Å². The molecule has 0 aliphatic rings. The van der Waals surface area contributed by atoms with E-state index in [-0.39, 0.29) is 19.4 Å². The number of carboxylic acids is 1. The molecule has 0 saturated heterocycles. The summed E-state index contributed by atoms with van der Waals surface area (Å²) >= 11 is 0. The van der Waals surface area contributed by atoms with Crippen LogP contribution >= 0.6 is 7.82 Å². The minimum absolute atomic E-state index is 0.164. The first-order valence-electron chi connectivity index (χ1n) is 20.7. The summed E-state index contributed by atoms with van der Waals surface area (Å²) < 4.78 is 32.6. The summed E-state index contributed by atoms with van der Waals surface area (Å²) in [6.07, 6.45) is 34.2. The molecule has 52 heavy (non-hydrogen) atoms. The van der Waals surface area contributed by atoms with Crippen molar-refractivity contribution >= 4 is 25.7 Å². The number of carboxylic acid groups (broad SMARTS) is 1. The van der Waals surface area contributed by atoms with Gasteiger partial charge in [-0.2, -0.15) is 0 Å². The van der Waals surface area contributed by atoms with E-state index in [0.29, 0.717) is 12.8 Å². The lowest BCUT2D eigenvalue weighted by atomic mass is 10.0. The van der Waals surface area contributed by atoms with Crippen LogP contribution in [0.1, 0.15) is 194 Å². The van der Waals surface area contributed by atoms with Gasteiger partial charge in [0.15, 0.2) is 6.10 Å². The van der Waals surface area contributed by atoms with Gasteiger partial charge in [0, 0.05) is 12.8 Å². The summed E-state index contributed by atoms with van der Waals surface area (Å²) in [6.45, 7) is 2.79. The molecular weight excluding hydrogens is 685 g/mol. The summed E-state index contributed by atoms with van der Waals surface area (Å²) in [5.41, 5.74) is 5.32. The highest BCUT2D eigenvalue weighted by Crippen LogP contribution is 2.43. The van der Waals surface area contributed by atoms with Crippen molar-refractivity contribution < 1.29 is 47.5 Å². The Morgan fingerprint density at radius 3 is 1.42 bits per heavy atom. The van der Waals surface area contributed by atoms with Crippen molar-refractivity contribution in [1.29, 1.82) is 0 Å². The minimum Gasteiger partial charge on any atom is -0.480 e. The van der Waals surface area contributed by atoms with Gasteiger partial charge in [-0.05, 0) is 38.5 Å². The molecular formula is C40H76NO10P. The second kappa shape index (κ2) is 36.2. The molecule has 306 valence electrons. The van der Waals surface area contributed by atoms with Crippen molar-refractivity contribution in [2.24, 2.45) is 5.73 Å². The molecule has 0 radical (unpaired) electrons. The molecule has 0 amide bonds. The Morgan fingerprint density at radius 2 is 0.962 bits per heavy atom. The second-order valence-electron chi connectivity index (χ2n) is 14.1. The third-order valence-electron chi connectivity index (χ3n) is 9.01. The number of hydrogen-bond acceptors (Lipinski definition) is 9. The normalized spacial score (nSPS) is 13.9. The van der Waals surface area contributed by atoms with Gasteiger partial charge in [-0.15, -0.1) is 0 Å². The molecule has 0 bridgehead atoms. The van der Waals surface area contributed by atoms with E-state index in [9.17, 15) is 23.8 Å². The van der Waals surface area contributed by atoms with Crippen LogP contribution in [0.4, 0.5) is 0 Å². The maximum Gasteiger partial charge on any atom is 0.472 e. The van der Waals surface area contributed by atoms with Crippen molar-refractivity contribution in [2.45, 2.75) is 206 Å². The first-order valence-corrected chi connectivity index (χ1v) is 22.2. The SMILES string of the molecule is CCCCCCCC/C=C/CCCCCC(=O)OC[C@H](COP(=O)(O)OC[C@H](N)C(=O)O)OC(=O)CCCCCCCCCCCCCCCCC. The maximum atomic E-state index is 12.6. The van der Waals surface area contributed by atoms with E-state index < -0.39 is 51.1 Å². The Hall–Kier alpha value is -1.78. The highest BCUT2D eigenvalue weighted by atomic mass is 31.2. The zero-order chi connectivity index (χ0) is 38.5. The number of phosphoric acid groups is 1. The number of nitrogens with two attached hydrogens (primary N) is 1. The smallest absolute Gasteiger partial charge is 0.472 e. The molecule has 0 aliphatic carbocycles. The van der Waals surface area contributed by atoms with Gasteiger partial charge in [-0.25, -0.2) is 4.57 Å². The van der Waals surface area contributed by atoms with Crippen LogP contribution in [0.3, 0.4) is 0 Å². The first-order chi connectivity index (χ1) is 25.1. The van der Waals surface area contributed by atoms with Crippen LogP contribution in [0.5, 0.6) is 0 Å². The predicted molar refractivity (Wildman–Crippen MR) is 208 cm³/mol. The molecule has 0 aromatic heterocycles. The second-order valence-corrected chi connectivity index (χ2v) is 15.6. The molecule has 0 saturated carbocycles. The first kappa shape index (κ1) is 50.2. The molecule has 0 rings (SSSR count). The fourth-order valence-electron chi connectivity index (χ4n) is 5.71. The zero-order valence-electron chi connectivity index (χ0n) is 32.9. The lowest BCUT2D eigenvalue weighted by Gasteiger charge is -2.20. The van der Waals surface area contributed by atoms with Crippen molar-refractivity contribution in [3.63, 3.8) is 0 Å². The maximum absolute atomic E-state index is 12.6. The number of carbonyl (C=O) groups is 3. The third kappa shape index (κ3) is 35.3. The number of allylic oxidation sites excluding steroid dienone is 2. The Bertz CT molecular complexity index is 947. The van der Waals surface area contributed by atoms with Gasteiger partial charge in [-0.1, -0.05) is 154 Å². The quantitative estimate of drug-likeness (QED) is 0.0235. The molecule has 0 fully saturated rings. The lowest BCUT2D eigenvalue weighted by Crippen LogP contribution is -2.34. The summed E-state index contributed by atoms with van der Waals surface area (Å²) in [5.74, 6) is -2.39. The van der Waals surface area contributed by atoms with Crippen molar-refractivity contribution in [1.82, 2.24) is 0 Å². The molecule has 1 unspecified atom stereocenters. The number of unbranched alkanes of at least 4 members (excludes halogenated alkanes) is 23.